The molecule has 1 aromatic carbocycles. The number of hydrogen-bond acceptors (Lipinski definition) is 6. The van der Waals surface area contributed by atoms with E-state index < -0.39 is 5.97 Å². The first kappa shape index (κ1) is 17.5. The fourth-order valence-electron chi connectivity index (χ4n) is 2.71. The molecule has 3 aromatic rings. The maximum atomic E-state index is 11.9. The third kappa shape index (κ3) is 3.23. The predicted octanol–water partition coefficient (Wildman–Crippen LogP) is 3.65. The molecule has 0 aliphatic rings. The molecule has 0 fully saturated rings. The Kier molecular flexibility index (Phi) is 4.88. The van der Waals surface area contributed by atoms with Crippen LogP contribution < -0.4 is 14.8 Å². The van der Waals surface area contributed by atoms with Gasteiger partial charge in [-0.3, -0.25) is 4.98 Å². The lowest BCUT2D eigenvalue weighted by atomic mass is 10.1. The van der Waals surface area contributed by atoms with E-state index in [-0.39, 0.29) is 5.56 Å². The summed E-state index contributed by atoms with van der Waals surface area (Å²) < 4.78 is 10.3. The summed E-state index contributed by atoms with van der Waals surface area (Å²) in [5.74, 6) is 0.0391. The molecule has 134 valence electrons. The number of aryl methyl sites for hydroxylation is 1. The van der Waals surface area contributed by atoms with Gasteiger partial charge in [-0.25, -0.2) is 9.78 Å². The van der Waals surface area contributed by atoms with Crippen LogP contribution in [-0.2, 0) is 6.42 Å². The average Bonchev–Trinajstić information content (AvgIpc) is 2.67. The molecule has 0 saturated carbocycles. The van der Waals surface area contributed by atoms with E-state index in [0.717, 1.165) is 0 Å². The topological polar surface area (TPSA) is 93.6 Å². The summed E-state index contributed by atoms with van der Waals surface area (Å²) in [7, 11) is 3.10. The highest BCUT2D eigenvalue weighted by atomic mass is 16.5. The van der Waals surface area contributed by atoms with E-state index in [4.69, 9.17) is 9.47 Å². The molecule has 0 radical (unpaired) electrons. The first-order valence-electron chi connectivity index (χ1n) is 8.09. The van der Waals surface area contributed by atoms with Crippen LogP contribution in [0.25, 0.3) is 11.0 Å². The Labute approximate surface area is 150 Å². The molecule has 0 unspecified atom stereocenters. The van der Waals surface area contributed by atoms with Crippen molar-refractivity contribution in [1.82, 2.24) is 9.97 Å². The Hall–Kier alpha value is -3.35. The fourth-order valence-corrected chi connectivity index (χ4v) is 2.71. The van der Waals surface area contributed by atoms with Gasteiger partial charge in [-0.1, -0.05) is 6.92 Å². The van der Waals surface area contributed by atoms with E-state index in [1.807, 2.05) is 19.1 Å². The first-order chi connectivity index (χ1) is 12.6. The third-order valence-electron chi connectivity index (χ3n) is 4.00. The van der Waals surface area contributed by atoms with E-state index in [1.54, 1.807) is 31.4 Å². The Morgan fingerprint density at radius 2 is 1.81 bits per heavy atom. The number of aromatic nitrogens is 2. The van der Waals surface area contributed by atoms with Crippen LogP contribution >= 0.6 is 0 Å². The van der Waals surface area contributed by atoms with E-state index in [2.05, 4.69) is 15.3 Å². The molecular formula is C19H19N3O4. The second-order valence-electron chi connectivity index (χ2n) is 5.54. The third-order valence-corrected chi connectivity index (χ3v) is 4.00. The summed E-state index contributed by atoms with van der Waals surface area (Å²) in [6, 6.07) is 10.7. The second kappa shape index (κ2) is 7.26. The number of fused-ring (bicyclic) bond motifs is 1. The highest BCUT2D eigenvalue weighted by Crippen LogP contribution is 2.32. The van der Waals surface area contributed by atoms with Gasteiger partial charge in [0.2, 0.25) is 5.88 Å². The van der Waals surface area contributed by atoms with E-state index in [9.17, 15) is 9.90 Å². The summed E-state index contributed by atoms with van der Waals surface area (Å²) in [6.07, 6.45) is 0.487. The van der Waals surface area contributed by atoms with Crippen LogP contribution in [0.3, 0.4) is 0 Å². The number of aromatic carboxylic acids is 1. The van der Waals surface area contributed by atoms with Crippen molar-refractivity contribution in [1.29, 1.82) is 0 Å². The molecule has 7 heteroatoms. The van der Waals surface area contributed by atoms with E-state index >= 15 is 0 Å². The SMILES string of the molecule is CCc1nc2ccc(OC)nc2c(Nc2ccc(OC)cc2)c1C(=O)O. The molecule has 2 aromatic heterocycles. The number of rotatable bonds is 6. The van der Waals surface area contributed by atoms with E-state index in [1.165, 1.54) is 7.11 Å². The molecule has 3 rings (SSSR count). The Balaban J connectivity index is 2.23. The average molecular weight is 353 g/mol. The minimum atomic E-state index is -1.06. The van der Waals surface area contributed by atoms with Gasteiger partial charge >= 0.3 is 5.97 Å². The smallest absolute Gasteiger partial charge is 0.339 e. The van der Waals surface area contributed by atoms with Crippen LogP contribution in [-0.4, -0.2) is 35.3 Å². The molecular weight excluding hydrogens is 334 g/mol. The van der Waals surface area contributed by atoms with E-state index in [0.29, 0.717) is 46.2 Å². The van der Waals surface area contributed by atoms with Crippen molar-refractivity contribution in [3.63, 3.8) is 0 Å². The number of methoxy groups -OCH3 is 2. The van der Waals surface area contributed by atoms with Gasteiger partial charge in [-0.05, 0) is 36.8 Å². The first-order valence-corrected chi connectivity index (χ1v) is 8.09. The van der Waals surface area contributed by atoms with Crippen molar-refractivity contribution in [2.75, 3.05) is 19.5 Å². The number of carbonyl (C=O) groups is 1. The van der Waals surface area contributed by atoms with Gasteiger partial charge in [0, 0.05) is 11.8 Å². The van der Waals surface area contributed by atoms with Crippen molar-refractivity contribution in [3.8, 4) is 11.6 Å². The van der Waals surface area contributed by atoms with Crippen LogP contribution in [0.4, 0.5) is 11.4 Å². The lowest BCUT2D eigenvalue weighted by molar-refractivity contribution is 0.0696. The van der Waals surface area contributed by atoms with Crippen molar-refractivity contribution >= 4 is 28.4 Å². The van der Waals surface area contributed by atoms with Gasteiger partial charge in [0.25, 0.3) is 0 Å². The molecule has 0 saturated heterocycles. The fraction of sp³-hybridized carbons (Fsp3) is 0.211. The Morgan fingerprint density at radius 3 is 2.38 bits per heavy atom. The summed E-state index contributed by atoms with van der Waals surface area (Å²) in [6.45, 7) is 1.87. The monoisotopic (exact) mass is 353 g/mol. The number of pyridine rings is 2. The van der Waals surface area contributed by atoms with Gasteiger partial charge in [-0.2, -0.15) is 0 Å². The number of benzene rings is 1. The predicted molar refractivity (Wildman–Crippen MR) is 98.7 cm³/mol. The van der Waals surface area contributed by atoms with Crippen LogP contribution in [0.2, 0.25) is 0 Å². The number of carboxylic acids is 1. The quantitative estimate of drug-likeness (QED) is 0.698. The summed E-state index contributed by atoms with van der Waals surface area (Å²) in [5.41, 5.74) is 2.75. The molecule has 0 amide bonds. The highest BCUT2D eigenvalue weighted by Gasteiger charge is 2.21. The number of hydrogen-bond donors (Lipinski definition) is 2. The molecule has 26 heavy (non-hydrogen) atoms. The van der Waals surface area contributed by atoms with Crippen LogP contribution in [0.5, 0.6) is 11.6 Å². The van der Waals surface area contributed by atoms with Gasteiger partial charge in [-0.15, -0.1) is 0 Å². The number of nitrogens with zero attached hydrogens (tertiary/aromatic N) is 2. The minimum absolute atomic E-state index is 0.108. The molecule has 0 spiro atoms. The molecule has 2 N–H and O–H groups in total. The van der Waals surface area contributed by atoms with Gasteiger partial charge in [0.1, 0.15) is 16.8 Å². The number of ether oxygens (including phenoxy) is 2. The molecule has 7 nitrogen and oxygen atoms in total. The standard InChI is InChI=1S/C19H19N3O4/c1-4-13-16(19(23)24)18(20-11-5-7-12(25-2)8-6-11)17-14(21-13)9-10-15(22-17)26-3/h5-10H,4H2,1-3H3,(H,20,21)(H,23,24). The van der Waals surface area contributed by atoms with Gasteiger partial charge in [0.05, 0.1) is 31.1 Å². The van der Waals surface area contributed by atoms with Crippen molar-refractivity contribution in [2.45, 2.75) is 13.3 Å². The Bertz CT molecular complexity index is 955. The number of carboxylic acid groups (broad SMARTS) is 1. The summed E-state index contributed by atoms with van der Waals surface area (Å²) >= 11 is 0. The Morgan fingerprint density at radius 1 is 1.08 bits per heavy atom. The molecule has 0 aliphatic heterocycles. The molecule has 0 aliphatic carbocycles. The minimum Gasteiger partial charge on any atom is -0.497 e. The molecule has 0 bridgehead atoms. The molecule has 2 heterocycles. The summed E-state index contributed by atoms with van der Waals surface area (Å²) in [5, 5.41) is 12.9. The lowest BCUT2D eigenvalue weighted by Crippen LogP contribution is -2.10. The molecule has 0 atom stereocenters. The normalized spacial score (nSPS) is 10.6. The maximum Gasteiger partial charge on any atom is 0.339 e. The zero-order valence-corrected chi connectivity index (χ0v) is 14.7. The van der Waals surface area contributed by atoms with Crippen LogP contribution in [0, 0.1) is 0 Å². The highest BCUT2D eigenvalue weighted by molar-refractivity contribution is 6.05. The second-order valence-corrected chi connectivity index (χ2v) is 5.54. The van der Waals surface area contributed by atoms with Gasteiger partial charge < -0.3 is 19.9 Å². The maximum absolute atomic E-state index is 11.9. The van der Waals surface area contributed by atoms with Crippen LogP contribution in [0.15, 0.2) is 36.4 Å². The van der Waals surface area contributed by atoms with Crippen molar-refractivity contribution in [2.24, 2.45) is 0 Å². The largest absolute Gasteiger partial charge is 0.497 e. The van der Waals surface area contributed by atoms with Gasteiger partial charge in [0.15, 0.2) is 0 Å². The number of nitrogens with one attached hydrogen (secondary N) is 1. The summed E-state index contributed by atoms with van der Waals surface area (Å²) in [4.78, 5) is 20.8. The zero-order valence-electron chi connectivity index (χ0n) is 14.7. The van der Waals surface area contributed by atoms with Crippen molar-refractivity contribution in [3.05, 3.63) is 47.7 Å². The lowest BCUT2D eigenvalue weighted by Gasteiger charge is -2.15. The van der Waals surface area contributed by atoms with Crippen LogP contribution in [0.1, 0.15) is 23.0 Å². The van der Waals surface area contributed by atoms with Crippen molar-refractivity contribution < 1.29 is 19.4 Å². The number of anilines is 2. The zero-order chi connectivity index (χ0) is 18.7.